The van der Waals surface area contributed by atoms with Gasteiger partial charge in [0.1, 0.15) is 5.75 Å². The molecule has 1 aromatic rings. The van der Waals surface area contributed by atoms with Crippen molar-refractivity contribution in [2.24, 2.45) is 5.73 Å². The van der Waals surface area contributed by atoms with Gasteiger partial charge in [-0.1, -0.05) is 6.07 Å². The minimum absolute atomic E-state index is 0. The number of hydrogen-bond donors (Lipinski definition) is 1. The Morgan fingerprint density at radius 2 is 2.08 bits per heavy atom. The molecule has 1 aliphatic heterocycles. The Kier molecular flexibility index (Phi) is 9.79. The Morgan fingerprint density at radius 3 is 2.68 bits per heavy atom. The van der Waals surface area contributed by atoms with Crippen LogP contribution >= 0.6 is 28.3 Å². The first-order valence-corrected chi connectivity index (χ1v) is 9.34. The lowest BCUT2D eigenvalue weighted by atomic mass is 10.1. The Balaban J connectivity index is 0.00000312. The lowest BCUT2D eigenvalue weighted by Gasteiger charge is -2.33. The molecule has 0 bridgehead atoms. The maximum absolute atomic E-state index is 12.6. The minimum atomic E-state index is -0.501. The fourth-order valence-corrected chi connectivity index (χ4v) is 3.36. The van der Waals surface area contributed by atoms with E-state index in [9.17, 15) is 4.79 Å². The van der Waals surface area contributed by atoms with Crippen molar-refractivity contribution in [3.05, 3.63) is 28.2 Å². The molecule has 0 aliphatic carbocycles. The average molecular weight is 436 g/mol. The van der Waals surface area contributed by atoms with Crippen molar-refractivity contribution in [2.75, 3.05) is 26.2 Å². The van der Waals surface area contributed by atoms with Crippen LogP contribution in [-0.4, -0.2) is 49.3 Å². The smallest absolute Gasteiger partial charge is 0.263 e. The Labute approximate surface area is 164 Å². The van der Waals surface area contributed by atoms with Gasteiger partial charge in [-0.05, 0) is 73.3 Å². The maximum atomic E-state index is 12.6. The molecule has 1 amide bonds. The lowest BCUT2D eigenvalue weighted by molar-refractivity contribution is -0.140. The van der Waals surface area contributed by atoms with Crippen LogP contribution in [0.3, 0.4) is 0 Å². The van der Waals surface area contributed by atoms with E-state index in [0.717, 1.165) is 42.4 Å². The van der Waals surface area contributed by atoms with Crippen molar-refractivity contribution in [3.63, 3.8) is 0 Å². The number of carbonyl (C=O) groups excluding carboxylic acids is 1. The maximum Gasteiger partial charge on any atom is 0.263 e. The normalized spacial score (nSPS) is 16.2. The predicted molar refractivity (Wildman–Crippen MR) is 105 cm³/mol. The predicted octanol–water partition coefficient (Wildman–Crippen LogP) is 3.30. The van der Waals surface area contributed by atoms with E-state index in [-0.39, 0.29) is 24.4 Å². The van der Waals surface area contributed by atoms with E-state index in [4.69, 9.17) is 15.2 Å². The number of ether oxygens (including phenoxy) is 2. The van der Waals surface area contributed by atoms with E-state index < -0.39 is 6.10 Å². The summed E-state index contributed by atoms with van der Waals surface area (Å²) in [5.41, 5.74) is 6.61. The second-order valence-electron chi connectivity index (χ2n) is 6.23. The highest BCUT2D eigenvalue weighted by molar-refractivity contribution is 9.10. The highest BCUT2D eigenvalue weighted by atomic mass is 79.9. The summed E-state index contributed by atoms with van der Waals surface area (Å²) >= 11 is 3.48. The SMILES string of the molecule is Cc1ccc(OC(C)C(=O)N2CCC(OCCCN)CC2)c(Br)c1.Cl. The number of halogens is 2. The number of nitrogens with two attached hydrogens (primary N) is 1. The molecule has 1 heterocycles. The van der Waals surface area contributed by atoms with Crippen LogP contribution in [0.5, 0.6) is 5.75 Å². The molecule has 1 unspecified atom stereocenters. The number of rotatable bonds is 7. The summed E-state index contributed by atoms with van der Waals surface area (Å²) in [6, 6.07) is 5.85. The van der Waals surface area contributed by atoms with E-state index in [1.54, 1.807) is 6.92 Å². The number of carbonyl (C=O) groups is 1. The molecule has 0 aromatic heterocycles. The largest absolute Gasteiger partial charge is 0.480 e. The number of benzene rings is 1. The standard InChI is InChI=1S/C18H27BrN2O3.ClH/c1-13-4-5-17(16(19)12-13)24-14(2)18(22)21-9-6-15(7-10-21)23-11-3-8-20;/h4-5,12,14-15H,3,6-11,20H2,1-2H3;1H. The third-order valence-electron chi connectivity index (χ3n) is 4.19. The topological polar surface area (TPSA) is 64.8 Å². The van der Waals surface area contributed by atoms with Gasteiger partial charge in [0.15, 0.2) is 6.10 Å². The first kappa shape index (κ1) is 22.2. The van der Waals surface area contributed by atoms with E-state index in [0.29, 0.717) is 18.9 Å². The van der Waals surface area contributed by atoms with Gasteiger partial charge in [0.25, 0.3) is 5.91 Å². The van der Waals surface area contributed by atoms with Crippen LogP contribution in [0.25, 0.3) is 0 Å². The van der Waals surface area contributed by atoms with Crippen molar-refractivity contribution in [1.29, 1.82) is 0 Å². The van der Waals surface area contributed by atoms with Gasteiger partial charge in [0.2, 0.25) is 0 Å². The quantitative estimate of drug-likeness (QED) is 0.667. The molecule has 1 saturated heterocycles. The number of nitrogens with zero attached hydrogens (tertiary/aromatic N) is 1. The van der Waals surface area contributed by atoms with Crippen LogP contribution in [0.4, 0.5) is 0 Å². The number of amides is 1. The van der Waals surface area contributed by atoms with E-state index >= 15 is 0 Å². The van der Waals surface area contributed by atoms with Gasteiger partial charge >= 0.3 is 0 Å². The van der Waals surface area contributed by atoms with Crippen molar-refractivity contribution in [1.82, 2.24) is 4.90 Å². The molecule has 1 aromatic carbocycles. The molecule has 142 valence electrons. The zero-order valence-corrected chi connectivity index (χ0v) is 17.3. The highest BCUT2D eigenvalue weighted by Crippen LogP contribution is 2.27. The third-order valence-corrected chi connectivity index (χ3v) is 4.81. The summed E-state index contributed by atoms with van der Waals surface area (Å²) in [5.74, 6) is 0.726. The third kappa shape index (κ3) is 6.77. The molecule has 1 aliphatic rings. The van der Waals surface area contributed by atoms with Crippen molar-refractivity contribution in [3.8, 4) is 5.75 Å². The van der Waals surface area contributed by atoms with E-state index in [1.165, 1.54) is 0 Å². The second-order valence-corrected chi connectivity index (χ2v) is 7.09. The van der Waals surface area contributed by atoms with Crippen molar-refractivity contribution in [2.45, 2.75) is 45.3 Å². The Bertz CT molecular complexity index is 551. The molecule has 7 heteroatoms. The molecule has 25 heavy (non-hydrogen) atoms. The summed E-state index contributed by atoms with van der Waals surface area (Å²) in [5, 5.41) is 0. The zero-order chi connectivity index (χ0) is 17.5. The Hall–Kier alpha value is -0.820. The van der Waals surface area contributed by atoms with Gasteiger partial charge in [-0.2, -0.15) is 0 Å². The second kappa shape index (κ2) is 11.0. The van der Waals surface area contributed by atoms with Crippen LogP contribution in [-0.2, 0) is 9.53 Å². The van der Waals surface area contributed by atoms with Crippen LogP contribution in [0, 0.1) is 6.92 Å². The molecular weight excluding hydrogens is 408 g/mol. The zero-order valence-electron chi connectivity index (χ0n) is 14.9. The molecule has 1 atom stereocenters. The van der Waals surface area contributed by atoms with E-state index in [2.05, 4.69) is 15.9 Å². The van der Waals surface area contributed by atoms with Crippen LogP contribution in [0.2, 0.25) is 0 Å². The molecule has 0 radical (unpaired) electrons. The summed E-state index contributed by atoms with van der Waals surface area (Å²) in [7, 11) is 0. The van der Waals surface area contributed by atoms with Crippen molar-refractivity contribution < 1.29 is 14.3 Å². The number of aryl methyl sites for hydroxylation is 1. The van der Waals surface area contributed by atoms with Gasteiger partial charge in [0.05, 0.1) is 10.6 Å². The van der Waals surface area contributed by atoms with Crippen LogP contribution in [0.15, 0.2) is 22.7 Å². The molecule has 5 nitrogen and oxygen atoms in total. The molecule has 0 saturated carbocycles. The van der Waals surface area contributed by atoms with Crippen LogP contribution < -0.4 is 10.5 Å². The minimum Gasteiger partial charge on any atom is -0.480 e. The molecular formula is C18H28BrClN2O3. The lowest BCUT2D eigenvalue weighted by Crippen LogP contribution is -2.46. The number of likely N-dealkylation sites (tertiary alicyclic amines) is 1. The molecule has 2 N–H and O–H groups in total. The van der Waals surface area contributed by atoms with Gasteiger partial charge in [-0.25, -0.2) is 0 Å². The Morgan fingerprint density at radius 1 is 1.40 bits per heavy atom. The van der Waals surface area contributed by atoms with Gasteiger partial charge < -0.3 is 20.1 Å². The summed E-state index contributed by atoms with van der Waals surface area (Å²) in [4.78, 5) is 14.4. The van der Waals surface area contributed by atoms with E-state index in [1.807, 2.05) is 30.0 Å². The molecule has 2 rings (SSSR count). The molecule has 0 spiro atoms. The monoisotopic (exact) mass is 434 g/mol. The van der Waals surface area contributed by atoms with Crippen LogP contribution in [0.1, 0.15) is 31.7 Å². The highest BCUT2D eigenvalue weighted by Gasteiger charge is 2.27. The summed E-state index contributed by atoms with van der Waals surface area (Å²) < 4.78 is 12.5. The number of hydrogen-bond acceptors (Lipinski definition) is 4. The van der Waals surface area contributed by atoms with Crippen molar-refractivity contribution >= 4 is 34.2 Å². The first-order valence-electron chi connectivity index (χ1n) is 8.54. The number of piperidine rings is 1. The fourth-order valence-electron chi connectivity index (χ4n) is 2.78. The molecule has 1 fully saturated rings. The van der Waals surface area contributed by atoms with Gasteiger partial charge in [-0.15, -0.1) is 12.4 Å². The van der Waals surface area contributed by atoms with Gasteiger partial charge in [-0.3, -0.25) is 4.79 Å². The average Bonchev–Trinajstić information content (AvgIpc) is 2.57. The first-order chi connectivity index (χ1) is 11.5. The summed E-state index contributed by atoms with van der Waals surface area (Å²) in [6.45, 7) is 6.61. The summed E-state index contributed by atoms with van der Waals surface area (Å²) in [6.07, 6.45) is 2.37. The van der Waals surface area contributed by atoms with Gasteiger partial charge in [0, 0.05) is 19.7 Å². The fraction of sp³-hybridized carbons (Fsp3) is 0.611.